The zero-order chi connectivity index (χ0) is 8.97. The second-order valence-electron chi connectivity index (χ2n) is 2.54. The smallest absolute Gasteiger partial charge is 0.349 e. The molecule has 1 heterocycles. The minimum Gasteiger partial charge on any atom is -0.349 e. The molecule has 2 amide bonds. The van der Waals surface area contributed by atoms with Gasteiger partial charge < -0.3 is 15.9 Å². The Bertz CT molecular complexity index is 188. The van der Waals surface area contributed by atoms with Crippen LogP contribution in [0, 0.1) is 0 Å². The van der Waals surface area contributed by atoms with Crippen molar-refractivity contribution in [1.82, 2.24) is 10.8 Å². The van der Waals surface area contributed by atoms with Gasteiger partial charge in [0, 0.05) is 0 Å². The molecule has 0 aromatic carbocycles. The van der Waals surface area contributed by atoms with Crippen LogP contribution in [0.2, 0.25) is 0 Å². The average molecular weight is 173 g/mol. The van der Waals surface area contributed by atoms with E-state index in [0.29, 0.717) is 0 Å². The van der Waals surface area contributed by atoms with Gasteiger partial charge in [-0.15, -0.1) is 0 Å². The van der Waals surface area contributed by atoms with Crippen molar-refractivity contribution in [1.29, 1.82) is 0 Å². The third-order valence-corrected chi connectivity index (χ3v) is 1.60. The fourth-order valence-corrected chi connectivity index (χ4v) is 1.06. The lowest BCUT2D eigenvalue weighted by Gasteiger charge is -2.08. The lowest BCUT2D eigenvalue weighted by molar-refractivity contribution is -0.150. The van der Waals surface area contributed by atoms with E-state index in [1.54, 1.807) is 5.48 Å². The number of primary amides is 1. The maximum Gasteiger partial charge on any atom is 0.349 e. The first kappa shape index (κ1) is 8.79. The summed E-state index contributed by atoms with van der Waals surface area (Å²) >= 11 is 0. The number of carbonyl (C=O) groups excluding carboxylic acids is 2. The van der Waals surface area contributed by atoms with Gasteiger partial charge in [-0.2, -0.15) is 5.48 Å². The van der Waals surface area contributed by atoms with E-state index >= 15 is 0 Å². The van der Waals surface area contributed by atoms with Crippen LogP contribution in [0.25, 0.3) is 0 Å². The van der Waals surface area contributed by atoms with Crippen LogP contribution in [0.4, 0.5) is 4.79 Å². The molecule has 6 nitrogen and oxygen atoms in total. The SMILES string of the molecule is NC(=O)NOC(=O)[C@@H]1CCCN1. The van der Waals surface area contributed by atoms with E-state index < -0.39 is 12.0 Å². The van der Waals surface area contributed by atoms with Gasteiger partial charge in [0.2, 0.25) is 0 Å². The highest BCUT2D eigenvalue weighted by molar-refractivity contribution is 5.78. The molecule has 0 saturated carbocycles. The summed E-state index contributed by atoms with van der Waals surface area (Å²) in [5.74, 6) is -0.494. The molecule has 1 aliphatic rings. The Labute approximate surface area is 69.4 Å². The molecular formula is C6H11N3O3. The number of nitrogens with two attached hydrogens (primary N) is 1. The Hall–Kier alpha value is -1.30. The molecule has 1 aliphatic heterocycles. The van der Waals surface area contributed by atoms with Crippen molar-refractivity contribution >= 4 is 12.0 Å². The molecule has 0 radical (unpaired) electrons. The van der Waals surface area contributed by atoms with Gasteiger partial charge in [0.1, 0.15) is 6.04 Å². The van der Waals surface area contributed by atoms with E-state index in [-0.39, 0.29) is 6.04 Å². The molecule has 6 heteroatoms. The standard InChI is InChI=1S/C6H11N3O3/c7-6(11)9-12-5(10)4-2-1-3-8-4/h4,8H,1-3H2,(H3,7,9,11)/t4-/m0/s1. The first-order chi connectivity index (χ1) is 5.70. The van der Waals surface area contributed by atoms with E-state index in [2.05, 4.69) is 10.2 Å². The van der Waals surface area contributed by atoms with Gasteiger partial charge in [-0.3, -0.25) is 0 Å². The molecule has 68 valence electrons. The summed E-state index contributed by atoms with van der Waals surface area (Å²) in [7, 11) is 0. The minimum absolute atomic E-state index is 0.308. The molecule has 1 fully saturated rings. The fraction of sp³-hybridized carbons (Fsp3) is 0.667. The third kappa shape index (κ3) is 2.39. The quantitative estimate of drug-likeness (QED) is 0.437. The van der Waals surface area contributed by atoms with Crippen molar-refractivity contribution in [3.05, 3.63) is 0 Å². The number of urea groups is 1. The number of amides is 2. The molecule has 12 heavy (non-hydrogen) atoms. The zero-order valence-electron chi connectivity index (χ0n) is 6.50. The Kier molecular flexibility index (Phi) is 2.87. The van der Waals surface area contributed by atoms with Crippen LogP contribution < -0.4 is 16.5 Å². The first-order valence-corrected chi connectivity index (χ1v) is 3.69. The summed E-state index contributed by atoms with van der Waals surface area (Å²) in [4.78, 5) is 25.5. The zero-order valence-corrected chi connectivity index (χ0v) is 6.50. The summed E-state index contributed by atoms with van der Waals surface area (Å²) in [6.45, 7) is 0.802. The normalized spacial score (nSPS) is 21.8. The van der Waals surface area contributed by atoms with Crippen molar-refractivity contribution in [2.45, 2.75) is 18.9 Å². The highest BCUT2D eigenvalue weighted by atomic mass is 16.7. The Balaban J connectivity index is 2.23. The summed E-state index contributed by atoms with van der Waals surface area (Å²) in [5, 5.41) is 2.91. The summed E-state index contributed by atoms with van der Waals surface area (Å²) in [5.41, 5.74) is 6.46. The van der Waals surface area contributed by atoms with Crippen LogP contribution in [-0.4, -0.2) is 24.6 Å². The predicted octanol–water partition coefficient (Wildman–Crippen LogP) is -1.14. The van der Waals surface area contributed by atoms with Crippen molar-refractivity contribution in [3.63, 3.8) is 0 Å². The van der Waals surface area contributed by atoms with Crippen LogP contribution in [-0.2, 0) is 9.63 Å². The molecule has 1 saturated heterocycles. The van der Waals surface area contributed by atoms with Gasteiger partial charge >= 0.3 is 12.0 Å². The van der Waals surface area contributed by atoms with Crippen molar-refractivity contribution in [2.75, 3.05) is 6.54 Å². The molecule has 1 atom stereocenters. The van der Waals surface area contributed by atoms with E-state index in [9.17, 15) is 9.59 Å². The van der Waals surface area contributed by atoms with Gasteiger partial charge in [-0.1, -0.05) is 0 Å². The molecule has 0 aliphatic carbocycles. The van der Waals surface area contributed by atoms with E-state index in [4.69, 9.17) is 5.73 Å². The summed E-state index contributed by atoms with van der Waals surface area (Å²) in [6.07, 6.45) is 1.68. The Morgan fingerprint density at radius 2 is 2.33 bits per heavy atom. The Morgan fingerprint density at radius 3 is 2.83 bits per heavy atom. The highest BCUT2D eigenvalue weighted by Crippen LogP contribution is 2.05. The largest absolute Gasteiger partial charge is 0.349 e. The van der Waals surface area contributed by atoms with Crippen LogP contribution in [0.5, 0.6) is 0 Å². The van der Waals surface area contributed by atoms with Gasteiger partial charge in [-0.25, -0.2) is 9.59 Å². The number of hydrogen-bond acceptors (Lipinski definition) is 4. The molecule has 4 N–H and O–H groups in total. The number of rotatable bonds is 1. The van der Waals surface area contributed by atoms with E-state index in [1.807, 2.05) is 0 Å². The van der Waals surface area contributed by atoms with Crippen LogP contribution >= 0.6 is 0 Å². The number of hydrogen-bond donors (Lipinski definition) is 3. The molecule has 1 rings (SSSR count). The number of nitrogens with one attached hydrogen (secondary N) is 2. The van der Waals surface area contributed by atoms with E-state index in [0.717, 1.165) is 19.4 Å². The number of carbonyl (C=O) groups is 2. The molecular weight excluding hydrogens is 162 g/mol. The van der Waals surface area contributed by atoms with Crippen LogP contribution in [0.15, 0.2) is 0 Å². The lowest BCUT2D eigenvalue weighted by Crippen LogP contribution is -2.39. The lowest BCUT2D eigenvalue weighted by atomic mass is 10.2. The molecule has 0 unspecified atom stereocenters. The van der Waals surface area contributed by atoms with Gasteiger partial charge in [0.05, 0.1) is 0 Å². The van der Waals surface area contributed by atoms with Gasteiger partial charge in [0.25, 0.3) is 0 Å². The van der Waals surface area contributed by atoms with Crippen molar-refractivity contribution in [3.8, 4) is 0 Å². The van der Waals surface area contributed by atoms with Crippen molar-refractivity contribution in [2.24, 2.45) is 5.73 Å². The summed E-state index contributed by atoms with van der Waals surface area (Å²) in [6, 6.07) is -1.18. The molecule has 0 aromatic rings. The van der Waals surface area contributed by atoms with Gasteiger partial charge in [0.15, 0.2) is 0 Å². The summed E-state index contributed by atoms with van der Waals surface area (Å²) < 4.78 is 0. The second-order valence-corrected chi connectivity index (χ2v) is 2.54. The van der Waals surface area contributed by atoms with Crippen LogP contribution in [0.1, 0.15) is 12.8 Å². The minimum atomic E-state index is -0.874. The maximum absolute atomic E-state index is 11.0. The average Bonchev–Trinajstić information content (AvgIpc) is 2.51. The topological polar surface area (TPSA) is 93.5 Å². The molecule has 0 spiro atoms. The second kappa shape index (κ2) is 3.91. The Morgan fingerprint density at radius 1 is 1.58 bits per heavy atom. The van der Waals surface area contributed by atoms with Crippen LogP contribution in [0.3, 0.4) is 0 Å². The highest BCUT2D eigenvalue weighted by Gasteiger charge is 2.23. The molecule has 0 bridgehead atoms. The van der Waals surface area contributed by atoms with Gasteiger partial charge in [-0.05, 0) is 19.4 Å². The number of hydroxylamine groups is 1. The first-order valence-electron chi connectivity index (χ1n) is 3.69. The van der Waals surface area contributed by atoms with Crippen molar-refractivity contribution < 1.29 is 14.4 Å². The predicted molar refractivity (Wildman–Crippen MR) is 39.8 cm³/mol. The maximum atomic E-state index is 11.0. The third-order valence-electron chi connectivity index (χ3n) is 1.60. The molecule has 0 aromatic heterocycles. The monoisotopic (exact) mass is 173 g/mol. The van der Waals surface area contributed by atoms with E-state index in [1.165, 1.54) is 0 Å². The fourth-order valence-electron chi connectivity index (χ4n) is 1.06.